The second kappa shape index (κ2) is 6.94. The molecule has 0 unspecified atom stereocenters. The highest BCUT2D eigenvalue weighted by Crippen LogP contribution is 2.32. The van der Waals surface area contributed by atoms with Gasteiger partial charge in [-0.2, -0.15) is 0 Å². The third-order valence-corrected chi connectivity index (χ3v) is 5.02. The highest BCUT2D eigenvalue weighted by atomic mass is 16.6. The van der Waals surface area contributed by atoms with Gasteiger partial charge in [-0.25, -0.2) is 0 Å². The molecule has 1 heterocycles. The van der Waals surface area contributed by atoms with E-state index in [1.807, 2.05) is 38.1 Å². The smallest absolute Gasteiger partial charge is 0.316 e. The molecule has 1 fully saturated rings. The van der Waals surface area contributed by atoms with Crippen molar-refractivity contribution in [2.75, 3.05) is 6.61 Å². The SMILES string of the molecule is CC[C@H]1C[C@H](OC(=O)C(C)(C)c2cccc3ccccc23)CCO1. The molecule has 3 rings (SSSR count). The molecule has 24 heavy (non-hydrogen) atoms. The minimum atomic E-state index is -0.680. The van der Waals surface area contributed by atoms with Crippen molar-refractivity contribution in [1.82, 2.24) is 0 Å². The van der Waals surface area contributed by atoms with E-state index in [1.54, 1.807) is 0 Å². The van der Waals surface area contributed by atoms with E-state index in [2.05, 4.69) is 25.1 Å². The molecule has 0 aromatic heterocycles. The van der Waals surface area contributed by atoms with Crippen LogP contribution in [0.2, 0.25) is 0 Å². The molecule has 0 spiro atoms. The molecule has 0 amide bonds. The highest BCUT2D eigenvalue weighted by molar-refractivity contribution is 5.93. The summed E-state index contributed by atoms with van der Waals surface area (Å²) in [6.07, 6.45) is 2.71. The lowest BCUT2D eigenvalue weighted by Gasteiger charge is -2.32. The molecule has 0 N–H and O–H groups in total. The maximum atomic E-state index is 12.9. The standard InChI is InChI=1S/C21H26O3/c1-4-16-14-17(12-13-23-16)24-20(22)21(2,3)19-11-7-9-15-8-5-6-10-18(15)19/h5-11,16-17H,4,12-14H2,1-3H3/t16-,17+/m0/s1. The van der Waals surface area contributed by atoms with Crippen molar-refractivity contribution in [3.63, 3.8) is 0 Å². The molecule has 1 aliphatic heterocycles. The van der Waals surface area contributed by atoms with Gasteiger partial charge in [0, 0.05) is 12.8 Å². The molecule has 2 aromatic rings. The summed E-state index contributed by atoms with van der Waals surface area (Å²) in [7, 11) is 0. The van der Waals surface area contributed by atoms with Gasteiger partial charge in [-0.1, -0.05) is 49.4 Å². The van der Waals surface area contributed by atoms with Crippen LogP contribution in [0.25, 0.3) is 10.8 Å². The number of rotatable bonds is 4. The summed E-state index contributed by atoms with van der Waals surface area (Å²) in [6, 6.07) is 14.3. The number of fused-ring (bicyclic) bond motifs is 1. The Bertz CT molecular complexity index is 715. The second-order valence-corrected chi connectivity index (χ2v) is 7.10. The first-order valence-electron chi connectivity index (χ1n) is 8.83. The number of carbonyl (C=O) groups excluding carboxylic acids is 1. The maximum absolute atomic E-state index is 12.9. The van der Waals surface area contributed by atoms with E-state index in [0.29, 0.717) is 6.61 Å². The summed E-state index contributed by atoms with van der Waals surface area (Å²) in [6.45, 7) is 6.68. The first kappa shape index (κ1) is 17.0. The van der Waals surface area contributed by atoms with Crippen LogP contribution in [0.1, 0.15) is 45.6 Å². The topological polar surface area (TPSA) is 35.5 Å². The van der Waals surface area contributed by atoms with E-state index in [9.17, 15) is 4.79 Å². The molecule has 1 saturated heterocycles. The van der Waals surface area contributed by atoms with Gasteiger partial charge in [0.2, 0.25) is 0 Å². The molecule has 0 bridgehead atoms. The number of esters is 1. The minimum Gasteiger partial charge on any atom is -0.462 e. The lowest BCUT2D eigenvalue weighted by molar-refractivity contribution is -0.161. The van der Waals surface area contributed by atoms with E-state index in [0.717, 1.165) is 35.6 Å². The molecule has 0 saturated carbocycles. The van der Waals surface area contributed by atoms with Gasteiger partial charge in [-0.3, -0.25) is 4.79 Å². The monoisotopic (exact) mass is 326 g/mol. The predicted molar refractivity (Wildman–Crippen MR) is 96.1 cm³/mol. The molecule has 3 nitrogen and oxygen atoms in total. The average molecular weight is 326 g/mol. The van der Waals surface area contributed by atoms with Crippen LogP contribution in [-0.2, 0) is 19.7 Å². The van der Waals surface area contributed by atoms with E-state index >= 15 is 0 Å². The number of ether oxygens (including phenoxy) is 2. The Morgan fingerprint density at radius 1 is 1.21 bits per heavy atom. The summed E-state index contributed by atoms with van der Waals surface area (Å²) < 4.78 is 11.5. The summed E-state index contributed by atoms with van der Waals surface area (Å²) in [5.41, 5.74) is 0.339. The van der Waals surface area contributed by atoms with Crippen LogP contribution < -0.4 is 0 Å². The van der Waals surface area contributed by atoms with Crippen LogP contribution >= 0.6 is 0 Å². The Balaban J connectivity index is 1.82. The van der Waals surface area contributed by atoms with Gasteiger partial charge in [0.25, 0.3) is 0 Å². The lowest BCUT2D eigenvalue weighted by atomic mass is 9.81. The molecule has 0 radical (unpaired) electrons. The van der Waals surface area contributed by atoms with Crippen molar-refractivity contribution < 1.29 is 14.3 Å². The van der Waals surface area contributed by atoms with Crippen molar-refractivity contribution in [2.45, 2.75) is 57.7 Å². The van der Waals surface area contributed by atoms with Crippen molar-refractivity contribution in [1.29, 1.82) is 0 Å². The predicted octanol–water partition coefficient (Wildman–Crippen LogP) is 4.62. The fourth-order valence-electron chi connectivity index (χ4n) is 3.42. The van der Waals surface area contributed by atoms with Crippen LogP contribution in [0.3, 0.4) is 0 Å². The first-order valence-corrected chi connectivity index (χ1v) is 8.83. The molecular formula is C21H26O3. The quantitative estimate of drug-likeness (QED) is 0.769. The summed E-state index contributed by atoms with van der Waals surface area (Å²) >= 11 is 0. The molecule has 128 valence electrons. The zero-order valence-corrected chi connectivity index (χ0v) is 14.7. The number of benzene rings is 2. The van der Waals surface area contributed by atoms with Crippen LogP contribution in [0.4, 0.5) is 0 Å². The second-order valence-electron chi connectivity index (χ2n) is 7.10. The third kappa shape index (κ3) is 3.32. The molecule has 3 heteroatoms. The molecule has 2 atom stereocenters. The number of hydrogen-bond acceptors (Lipinski definition) is 3. The van der Waals surface area contributed by atoms with Crippen molar-refractivity contribution >= 4 is 16.7 Å². The fourth-order valence-corrected chi connectivity index (χ4v) is 3.42. The van der Waals surface area contributed by atoms with Gasteiger partial charge in [0.15, 0.2) is 0 Å². The lowest BCUT2D eigenvalue weighted by Crippen LogP contribution is -2.38. The highest BCUT2D eigenvalue weighted by Gasteiger charge is 2.35. The third-order valence-electron chi connectivity index (χ3n) is 5.02. The van der Waals surface area contributed by atoms with Crippen LogP contribution in [-0.4, -0.2) is 24.8 Å². The Morgan fingerprint density at radius 3 is 2.75 bits per heavy atom. The summed E-state index contributed by atoms with van der Waals surface area (Å²) in [5.74, 6) is -0.152. The van der Waals surface area contributed by atoms with Crippen molar-refractivity contribution in [3.05, 3.63) is 48.0 Å². The van der Waals surface area contributed by atoms with Crippen molar-refractivity contribution in [2.24, 2.45) is 0 Å². The van der Waals surface area contributed by atoms with Gasteiger partial charge in [-0.05, 0) is 36.6 Å². The largest absolute Gasteiger partial charge is 0.462 e. The molecule has 1 aliphatic rings. The van der Waals surface area contributed by atoms with Gasteiger partial charge in [-0.15, -0.1) is 0 Å². The zero-order chi connectivity index (χ0) is 17.2. The Morgan fingerprint density at radius 2 is 1.96 bits per heavy atom. The van der Waals surface area contributed by atoms with Crippen LogP contribution in [0.5, 0.6) is 0 Å². The van der Waals surface area contributed by atoms with Crippen molar-refractivity contribution in [3.8, 4) is 0 Å². The zero-order valence-electron chi connectivity index (χ0n) is 14.7. The Kier molecular flexibility index (Phi) is 4.91. The van der Waals surface area contributed by atoms with Gasteiger partial charge >= 0.3 is 5.97 Å². The maximum Gasteiger partial charge on any atom is 0.316 e. The average Bonchev–Trinajstić information content (AvgIpc) is 2.61. The molecular weight excluding hydrogens is 300 g/mol. The number of carbonyl (C=O) groups is 1. The van der Waals surface area contributed by atoms with E-state index in [4.69, 9.17) is 9.47 Å². The van der Waals surface area contributed by atoms with Gasteiger partial charge in [0.05, 0.1) is 18.1 Å². The van der Waals surface area contributed by atoms with E-state index in [1.165, 1.54) is 0 Å². The first-order chi connectivity index (χ1) is 11.5. The normalized spacial score (nSPS) is 21.6. The van der Waals surface area contributed by atoms with E-state index in [-0.39, 0.29) is 18.2 Å². The van der Waals surface area contributed by atoms with Gasteiger partial charge in [0.1, 0.15) is 6.10 Å². The van der Waals surface area contributed by atoms with Gasteiger partial charge < -0.3 is 9.47 Å². The van der Waals surface area contributed by atoms with Crippen LogP contribution in [0, 0.1) is 0 Å². The Labute approximate surface area is 144 Å². The Hall–Kier alpha value is -1.87. The number of hydrogen-bond donors (Lipinski definition) is 0. The van der Waals surface area contributed by atoms with Crippen LogP contribution in [0.15, 0.2) is 42.5 Å². The summed E-state index contributed by atoms with van der Waals surface area (Å²) in [4.78, 5) is 12.9. The fraction of sp³-hybridized carbons (Fsp3) is 0.476. The summed E-state index contributed by atoms with van der Waals surface area (Å²) in [5, 5.41) is 2.26. The molecule has 0 aliphatic carbocycles. The minimum absolute atomic E-state index is 0.0366. The van der Waals surface area contributed by atoms with E-state index < -0.39 is 5.41 Å². The molecule has 2 aromatic carbocycles.